The molecule has 1 aliphatic rings. The summed E-state index contributed by atoms with van der Waals surface area (Å²) in [5.41, 5.74) is 0.684. The highest BCUT2D eigenvalue weighted by Crippen LogP contribution is 2.25. The van der Waals surface area contributed by atoms with Gasteiger partial charge < -0.3 is 10.6 Å². The number of nitrogens with one attached hydrogen (secondary N) is 2. The Morgan fingerprint density at radius 3 is 2.79 bits per heavy atom. The van der Waals surface area contributed by atoms with E-state index in [1.165, 1.54) is 0 Å². The van der Waals surface area contributed by atoms with Crippen LogP contribution in [0.4, 0.5) is 0 Å². The Morgan fingerprint density at radius 1 is 1.42 bits per heavy atom. The molecule has 1 aliphatic heterocycles. The van der Waals surface area contributed by atoms with Crippen molar-refractivity contribution in [2.75, 3.05) is 6.54 Å². The highest BCUT2D eigenvalue weighted by atomic mass is 79.9. The summed E-state index contributed by atoms with van der Waals surface area (Å²) in [7, 11) is 0. The first kappa shape index (κ1) is 14.5. The van der Waals surface area contributed by atoms with E-state index < -0.39 is 5.54 Å². The van der Waals surface area contributed by atoms with E-state index in [-0.39, 0.29) is 11.9 Å². The van der Waals surface area contributed by atoms with Gasteiger partial charge in [0.05, 0.1) is 11.6 Å². The van der Waals surface area contributed by atoms with Crippen LogP contribution in [-0.2, 0) is 4.79 Å². The SMILES string of the molecule is C[C@@H](NC(=O)C1(C)CCCCN1)c1ccccc1Br. The second kappa shape index (κ2) is 6.06. The first-order valence-corrected chi connectivity index (χ1v) is 7.63. The molecule has 0 spiro atoms. The monoisotopic (exact) mass is 324 g/mol. The maximum Gasteiger partial charge on any atom is 0.240 e. The average molecular weight is 325 g/mol. The lowest BCUT2D eigenvalue weighted by Gasteiger charge is -2.34. The molecule has 1 saturated heterocycles. The molecular weight excluding hydrogens is 304 g/mol. The predicted molar refractivity (Wildman–Crippen MR) is 81.0 cm³/mol. The van der Waals surface area contributed by atoms with Crippen molar-refractivity contribution in [1.29, 1.82) is 0 Å². The molecule has 0 aromatic heterocycles. The topological polar surface area (TPSA) is 41.1 Å². The molecule has 4 heteroatoms. The molecule has 3 nitrogen and oxygen atoms in total. The van der Waals surface area contributed by atoms with Crippen molar-refractivity contribution in [3.8, 4) is 0 Å². The van der Waals surface area contributed by atoms with Crippen LogP contribution in [0.2, 0.25) is 0 Å². The Morgan fingerprint density at radius 2 is 2.16 bits per heavy atom. The van der Waals surface area contributed by atoms with Gasteiger partial charge in [-0.2, -0.15) is 0 Å². The number of rotatable bonds is 3. The summed E-state index contributed by atoms with van der Waals surface area (Å²) in [6, 6.07) is 8.00. The van der Waals surface area contributed by atoms with Gasteiger partial charge in [0.2, 0.25) is 5.91 Å². The van der Waals surface area contributed by atoms with Crippen molar-refractivity contribution in [3.05, 3.63) is 34.3 Å². The Balaban J connectivity index is 2.04. The molecule has 1 heterocycles. The largest absolute Gasteiger partial charge is 0.348 e. The van der Waals surface area contributed by atoms with Gasteiger partial charge in [-0.15, -0.1) is 0 Å². The molecule has 1 aromatic carbocycles. The summed E-state index contributed by atoms with van der Waals surface area (Å²) in [5, 5.41) is 6.46. The Kier molecular flexibility index (Phi) is 4.63. The average Bonchev–Trinajstić information content (AvgIpc) is 2.40. The lowest BCUT2D eigenvalue weighted by atomic mass is 9.89. The van der Waals surface area contributed by atoms with E-state index in [0.29, 0.717) is 0 Å². The van der Waals surface area contributed by atoms with Crippen molar-refractivity contribution in [2.24, 2.45) is 0 Å². The third-order valence-electron chi connectivity index (χ3n) is 3.84. The fourth-order valence-corrected chi connectivity index (χ4v) is 3.14. The number of halogens is 1. The minimum Gasteiger partial charge on any atom is -0.348 e. The molecule has 0 aliphatic carbocycles. The van der Waals surface area contributed by atoms with Gasteiger partial charge in [-0.25, -0.2) is 0 Å². The maximum absolute atomic E-state index is 12.4. The van der Waals surface area contributed by atoms with Crippen LogP contribution in [0.25, 0.3) is 0 Å². The number of carbonyl (C=O) groups is 1. The van der Waals surface area contributed by atoms with Crippen LogP contribution in [0.1, 0.15) is 44.7 Å². The fraction of sp³-hybridized carbons (Fsp3) is 0.533. The van der Waals surface area contributed by atoms with E-state index in [9.17, 15) is 4.79 Å². The van der Waals surface area contributed by atoms with Crippen molar-refractivity contribution < 1.29 is 4.79 Å². The van der Waals surface area contributed by atoms with Gasteiger partial charge in [0.1, 0.15) is 0 Å². The molecule has 0 saturated carbocycles. The van der Waals surface area contributed by atoms with E-state index in [0.717, 1.165) is 35.8 Å². The lowest BCUT2D eigenvalue weighted by molar-refractivity contribution is -0.128. The molecule has 2 rings (SSSR count). The molecule has 2 atom stereocenters. The summed E-state index contributed by atoms with van der Waals surface area (Å²) < 4.78 is 1.03. The van der Waals surface area contributed by atoms with Gasteiger partial charge >= 0.3 is 0 Å². The van der Waals surface area contributed by atoms with Gasteiger partial charge in [0.25, 0.3) is 0 Å². The number of hydrogen-bond acceptors (Lipinski definition) is 2. The van der Waals surface area contributed by atoms with Crippen molar-refractivity contribution in [1.82, 2.24) is 10.6 Å². The minimum atomic E-state index is -0.423. The molecular formula is C15H21BrN2O. The van der Waals surface area contributed by atoms with Crippen molar-refractivity contribution in [2.45, 2.75) is 44.7 Å². The normalized spacial score (nSPS) is 24.8. The third-order valence-corrected chi connectivity index (χ3v) is 4.56. The summed E-state index contributed by atoms with van der Waals surface area (Å²) in [5.74, 6) is 0.0930. The standard InChI is InChI=1S/C15H21BrN2O/c1-11(12-7-3-4-8-13(12)16)18-14(19)15(2)9-5-6-10-17-15/h3-4,7-8,11,17H,5-6,9-10H2,1-2H3,(H,18,19)/t11-,15?/m1/s1. The van der Waals surface area contributed by atoms with E-state index in [2.05, 4.69) is 26.6 Å². The summed E-state index contributed by atoms with van der Waals surface area (Å²) >= 11 is 3.53. The number of amides is 1. The first-order valence-electron chi connectivity index (χ1n) is 6.83. The van der Waals surface area contributed by atoms with Crippen LogP contribution in [0.5, 0.6) is 0 Å². The molecule has 0 bridgehead atoms. The van der Waals surface area contributed by atoms with Crippen LogP contribution in [0.3, 0.4) is 0 Å². The number of carbonyl (C=O) groups excluding carboxylic acids is 1. The van der Waals surface area contributed by atoms with Crippen LogP contribution in [-0.4, -0.2) is 18.0 Å². The van der Waals surface area contributed by atoms with Crippen LogP contribution in [0, 0.1) is 0 Å². The molecule has 19 heavy (non-hydrogen) atoms. The quantitative estimate of drug-likeness (QED) is 0.896. The molecule has 2 N–H and O–H groups in total. The fourth-order valence-electron chi connectivity index (χ4n) is 2.51. The molecule has 104 valence electrons. The maximum atomic E-state index is 12.4. The Hall–Kier alpha value is -0.870. The summed E-state index contributed by atoms with van der Waals surface area (Å²) in [6.45, 7) is 4.94. The van der Waals surface area contributed by atoms with Gasteiger partial charge in [-0.1, -0.05) is 34.1 Å². The minimum absolute atomic E-state index is 0.00336. The summed E-state index contributed by atoms with van der Waals surface area (Å²) in [4.78, 5) is 12.4. The van der Waals surface area contributed by atoms with E-state index in [4.69, 9.17) is 0 Å². The number of benzene rings is 1. The van der Waals surface area contributed by atoms with E-state index >= 15 is 0 Å². The van der Waals surface area contributed by atoms with Crippen molar-refractivity contribution in [3.63, 3.8) is 0 Å². The zero-order valence-corrected chi connectivity index (χ0v) is 13.1. The van der Waals surface area contributed by atoms with Gasteiger partial charge in [0, 0.05) is 4.47 Å². The molecule has 1 amide bonds. The predicted octanol–water partition coefficient (Wildman–Crippen LogP) is 3.16. The van der Waals surface area contributed by atoms with Crippen molar-refractivity contribution >= 4 is 21.8 Å². The number of piperidine rings is 1. The van der Waals surface area contributed by atoms with Gasteiger partial charge in [0.15, 0.2) is 0 Å². The molecule has 1 unspecified atom stereocenters. The third kappa shape index (κ3) is 3.37. The lowest BCUT2D eigenvalue weighted by Crippen LogP contribution is -2.57. The zero-order valence-electron chi connectivity index (χ0n) is 11.5. The Bertz CT molecular complexity index is 455. The van der Waals surface area contributed by atoms with Crippen LogP contribution < -0.4 is 10.6 Å². The summed E-state index contributed by atoms with van der Waals surface area (Å²) in [6.07, 6.45) is 3.17. The highest BCUT2D eigenvalue weighted by Gasteiger charge is 2.34. The smallest absolute Gasteiger partial charge is 0.240 e. The second-order valence-corrected chi connectivity index (χ2v) is 6.29. The first-order chi connectivity index (χ1) is 9.03. The van der Waals surface area contributed by atoms with Gasteiger partial charge in [-0.3, -0.25) is 4.79 Å². The van der Waals surface area contributed by atoms with Crippen LogP contribution in [0.15, 0.2) is 28.7 Å². The van der Waals surface area contributed by atoms with Crippen LogP contribution >= 0.6 is 15.9 Å². The molecule has 0 radical (unpaired) electrons. The molecule has 1 fully saturated rings. The Labute approximate surface area is 123 Å². The molecule has 1 aromatic rings. The number of hydrogen-bond donors (Lipinski definition) is 2. The second-order valence-electron chi connectivity index (χ2n) is 5.43. The zero-order chi connectivity index (χ0) is 13.9. The van der Waals surface area contributed by atoms with Gasteiger partial charge in [-0.05, 0) is 51.3 Å². The highest BCUT2D eigenvalue weighted by molar-refractivity contribution is 9.10. The van der Waals surface area contributed by atoms with E-state index in [1.54, 1.807) is 0 Å². The van der Waals surface area contributed by atoms with E-state index in [1.807, 2.05) is 38.1 Å².